The van der Waals surface area contributed by atoms with Gasteiger partial charge in [0.15, 0.2) is 0 Å². The zero-order chi connectivity index (χ0) is 17.1. The third-order valence-electron chi connectivity index (χ3n) is 4.68. The van der Waals surface area contributed by atoms with E-state index in [1.54, 1.807) is 23.7 Å². The Labute approximate surface area is 137 Å². The van der Waals surface area contributed by atoms with Crippen molar-refractivity contribution in [3.05, 3.63) is 11.9 Å². The van der Waals surface area contributed by atoms with Crippen molar-refractivity contribution in [3.8, 4) is 0 Å². The number of likely N-dealkylation sites (N-methyl/N-ethyl adjacent to an activating group) is 1. The number of anilines is 1. The number of carbonyl (C=O) groups is 2. The largest absolute Gasteiger partial charge is 0.378 e. The number of amides is 2. The van der Waals surface area contributed by atoms with E-state index >= 15 is 0 Å². The van der Waals surface area contributed by atoms with Gasteiger partial charge in [0.05, 0.1) is 29.4 Å². The lowest BCUT2D eigenvalue weighted by Gasteiger charge is -2.29. The standard InChI is InChI=1S/C16H26N4O3/c1-6-20-9-13(10(2)18-20)17-16(22)12-7-8-14(15(12)23-5)19(4)11(3)21/h9,12,14-15H,6-8H2,1-5H3,(H,17,22)/t12-,14-,15+/m1/s1. The summed E-state index contributed by atoms with van der Waals surface area (Å²) in [4.78, 5) is 25.9. The van der Waals surface area contributed by atoms with Gasteiger partial charge in [0.25, 0.3) is 0 Å². The van der Waals surface area contributed by atoms with Crippen LogP contribution in [0.25, 0.3) is 0 Å². The highest BCUT2D eigenvalue weighted by atomic mass is 16.5. The summed E-state index contributed by atoms with van der Waals surface area (Å²) in [6.45, 7) is 6.16. The molecule has 1 saturated carbocycles. The van der Waals surface area contributed by atoms with Gasteiger partial charge in [0.2, 0.25) is 11.8 Å². The van der Waals surface area contributed by atoms with Crippen molar-refractivity contribution in [2.75, 3.05) is 19.5 Å². The minimum Gasteiger partial charge on any atom is -0.378 e. The second-order valence-corrected chi connectivity index (χ2v) is 6.05. The zero-order valence-electron chi connectivity index (χ0n) is 14.5. The van der Waals surface area contributed by atoms with Gasteiger partial charge in [-0.3, -0.25) is 14.3 Å². The number of nitrogens with zero attached hydrogens (tertiary/aromatic N) is 3. The molecule has 3 atom stereocenters. The maximum absolute atomic E-state index is 12.6. The molecule has 1 aliphatic carbocycles. The Balaban J connectivity index is 2.09. The average molecular weight is 322 g/mol. The smallest absolute Gasteiger partial charge is 0.230 e. The van der Waals surface area contributed by atoms with Crippen LogP contribution in [0.2, 0.25) is 0 Å². The van der Waals surface area contributed by atoms with E-state index in [9.17, 15) is 9.59 Å². The first-order valence-electron chi connectivity index (χ1n) is 8.00. The lowest BCUT2D eigenvalue weighted by atomic mass is 10.0. The normalized spacial score (nSPS) is 23.8. The van der Waals surface area contributed by atoms with Crippen molar-refractivity contribution in [1.82, 2.24) is 14.7 Å². The predicted molar refractivity (Wildman–Crippen MR) is 87.0 cm³/mol. The second kappa shape index (κ2) is 7.12. The molecular weight excluding hydrogens is 296 g/mol. The van der Waals surface area contributed by atoms with E-state index in [0.29, 0.717) is 6.42 Å². The van der Waals surface area contributed by atoms with Crippen molar-refractivity contribution in [1.29, 1.82) is 0 Å². The fourth-order valence-electron chi connectivity index (χ4n) is 3.22. The maximum Gasteiger partial charge on any atom is 0.230 e. The van der Waals surface area contributed by atoms with Gasteiger partial charge in [-0.05, 0) is 26.7 Å². The first-order chi connectivity index (χ1) is 10.9. The van der Waals surface area contributed by atoms with Crippen LogP contribution in [0, 0.1) is 12.8 Å². The number of hydrogen-bond acceptors (Lipinski definition) is 4. The van der Waals surface area contributed by atoms with Gasteiger partial charge in [-0.2, -0.15) is 5.10 Å². The number of nitrogens with one attached hydrogen (secondary N) is 1. The van der Waals surface area contributed by atoms with Crippen molar-refractivity contribution in [2.45, 2.75) is 52.3 Å². The molecule has 0 unspecified atom stereocenters. The summed E-state index contributed by atoms with van der Waals surface area (Å²) in [7, 11) is 3.35. The molecule has 2 rings (SSSR count). The molecule has 7 heteroatoms. The topological polar surface area (TPSA) is 76.5 Å². The van der Waals surface area contributed by atoms with Crippen LogP contribution < -0.4 is 5.32 Å². The van der Waals surface area contributed by atoms with Crippen molar-refractivity contribution < 1.29 is 14.3 Å². The van der Waals surface area contributed by atoms with Crippen LogP contribution >= 0.6 is 0 Å². The Bertz CT molecular complexity index is 584. The Hall–Kier alpha value is -1.89. The van der Waals surface area contributed by atoms with Crippen LogP contribution in [-0.2, 0) is 20.9 Å². The van der Waals surface area contributed by atoms with Gasteiger partial charge in [0.1, 0.15) is 0 Å². The fourth-order valence-corrected chi connectivity index (χ4v) is 3.22. The first kappa shape index (κ1) is 17.5. The van der Waals surface area contributed by atoms with Crippen LogP contribution in [0.1, 0.15) is 32.4 Å². The van der Waals surface area contributed by atoms with Gasteiger partial charge in [0, 0.05) is 33.8 Å². The van der Waals surface area contributed by atoms with E-state index in [1.165, 1.54) is 6.92 Å². The molecular formula is C16H26N4O3. The molecule has 1 aliphatic rings. The monoisotopic (exact) mass is 322 g/mol. The van der Waals surface area contributed by atoms with E-state index in [2.05, 4.69) is 10.4 Å². The summed E-state index contributed by atoms with van der Waals surface area (Å²) in [5.74, 6) is -0.357. The van der Waals surface area contributed by atoms with E-state index in [1.807, 2.05) is 20.0 Å². The quantitative estimate of drug-likeness (QED) is 0.889. The Morgan fingerprint density at radius 3 is 2.70 bits per heavy atom. The Morgan fingerprint density at radius 2 is 2.17 bits per heavy atom. The molecule has 1 aromatic heterocycles. The van der Waals surface area contributed by atoms with Crippen LogP contribution in [0.5, 0.6) is 0 Å². The highest BCUT2D eigenvalue weighted by molar-refractivity contribution is 5.93. The van der Waals surface area contributed by atoms with Gasteiger partial charge >= 0.3 is 0 Å². The van der Waals surface area contributed by atoms with Gasteiger partial charge < -0.3 is 15.0 Å². The summed E-state index contributed by atoms with van der Waals surface area (Å²) in [6.07, 6.45) is 3.02. The Morgan fingerprint density at radius 1 is 1.48 bits per heavy atom. The van der Waals surface area contributed by atoms with E-state index in [0.717, 1.165) is 24.3 Å². The number of aryl methyl sites for hydroxylation is 2. The minimum absolute atomic E-state index is 0.0156. The predicted octanol–water partition coefficient (Wildman–Crippen LogP) is 1.42. The van der Waals surface area contributed by atoms with E-state index in [-0.39, 0.29) is 29.9 Å². The molecule has 0 spiro atoms. The molecule has 1 heterocycles. The van der Waals surface area contributed by atoms with Crippen LogP contribution in [-0.4, -0.2) is 52.8 Å². The lowest BCUT2D eigenvalue weighted by Crippen LogP contribution is -2.45. The molecule has 1 aromatic rings. The van der Waals surface area contributed by atoms with Gasteiger partial charge in [-0.25, -0.2) is 0 Å². The number of carbonyl (C=O) groups excluding carboxylic acids is 2. The molecule has 0 radical (unpaired) electrons. The molecule has 1 N–H and O–H groups in total. The van der Waals surface area contributed by atoms with Crippen LogP contribution in [0.15, 0.2) is 6.20 Å². The molecule has 0 bridgehead atoms. The van der Waals surface area contributed by atoms with E-state index in [4.69, 9.17) is 4.74 Å². The summed E-state index contributed by atoms with van der Waals surface area (Å²) in [5, 5.41) is 7.29. The molecule has 2 amide bonds. The minimum atomic E-state index is -0.287. The van der Waals surface area contributed by atoms with Crippen molar-refractivity contribution >= 4 is 17.5 Å². The second-order valence-electron chi connectivity index (χ2n) is 6.05. The molecule has 128 valence electrons. The van der Waals surface area contributed by atoms with Crippen molar-refractivity contribution in [2.24, 2.45) is 5.92 Å². The molecule has 7 nitrogen and oxygen atoms in total. The lowest BCUT2D eigenvalue weighted by molar-refractivity contribution is -0.134. The first-order valence-corrected chi connectivity index (χ1v) is 8.00. The summed E-state index contributed by atoms with van der Waals surface area (Å²) in [5.41, 5.74) is 1.53. The summed E-state index contributed by atoms with van der Waals surface area (Å²) < 4.78 is 7.34. The SMILES string of the molecule is CCn1cc(NC(=O)[C@@H]2CC[C@@H](N(C)C(C)=O)[C@H]2OC)c(C)n1. The van der Waals surface area contributed by atoms with E-state index < -0.39 is 0 Å². The van der Waals surface area contributed by atoms with Gasteiger partial charge in [-0.15, -0.1) is 0 Å². The number of methoxy groups -OCH3 is 1. The number of rotatable bonds is 5. The highest BCUT2D eigenvalue weighted by Crippen LogP contribution is 2.32. The molecule has 23 heavy (non-hydrogen) atoms. The molecule has 0 saturated heterocycles. The summed E-state index contributed by atoms with van der Waals surface area (Å²) >= 11 is 0. The average Bonchev–Trinajstić information content (AvgIpc) is 3.09. The number of hydrogen-bond donors (Lipinski definition) is 1. The fraction of sp³-hybridized carbons (Fsp3) is 0.688. The molecule has 1 fully saturated rings. The Kier molecular flexibility index (Phi) is 5.41. The van der Waals surface area contributed by atoms with Gasteiger partial charge in [-0.1, -0.05) is 0 Å². The molecule has 0 aromatic carbocycles. The number of aromatic nitrogens is 2. The maximum atomic E-state index is 12.6. The highest BCUT2D eigenvalue weighted by Gasteiger charge is 2.43. The molecule has 0 aliphatic heterocycles. The third-order valence-corrected chi connectivity index (χ3v) is 4.68. The van der Waals surface area contributed by atoms with Crippen LogP contribution in [0.4, 0.5) is 5.69 Å². The van der Waals surface area contributed by atoms with Crippen molar-refractivity contribution in [3.63, 3.8) is 0 Å². The van der Waals surface area contributed by atoms with Crippen LogP contribution in [0.3, 0.4) is 0 Å². The third kappa shape index (κ3) is 3.55. The zero-order valence-corrected chi connectivity index (χ0v) is 14.5. The number of ether oxygens (including phenoxy) is 1. The summed E-state index contributed by atoms with van der Waals surface area (Å²) in [6, 6.07) is -0.0623.